The predicted molar refractivity (Wildman–Crippen MR) is 218 cm³/mol. The number of carbonyl (C=O) groups excluding carboxylic acids is 5. The third-order valence-corrected chi connectivity index (χ3v) is 10.5. The van der Waals surface area contributed by atoms with Gasteiger partial charge >= 0.3 is 12.1 Å². The molecule has 2 heterocycles. The molecule has 4 amide bonds. The first-order valence-electron chi connectivity index (χ1n) is 17.7. The van der Waals surface area contributed by atoms with Crippen molar-refractivity contribution in [3.05, 3.63) is 99.6 Å². The molecule has 3 aromatic carbocycles. The molecule has 0 radical (unpaired) electrons. The van der Waals surface area contributed by atoms with Crippen molar-refractivity contribution in [2.24, 2.45) is 0 Å². The van der Waals surface area contributed by atoms with Crippen LogP contribution in [0.1, 0.15) is 57.5 Å². The molecular weight excluding hydrogens is 773 g/mol. The maximum atomic E-state index is 13.8. The van der Waals surface area contributed by atoms with Gasteiger partial charge in [-0.25, -0.2) is 9.59 Å². The van der Waals surface area contributed by atoms with E-state index < -0.39 is 29.5 Å². The van der Waals surface area contributed by atoms with Crippen molar-refractivity contribution in [2.45, 2.75) is 44.2 Å². The lowest BCUT2D eigenvalue weighted by Gasteiger charge is -2.30. The van der Waals surface area contributed by atoms with Crippen molar-refractivity contribution < 1.29 is 47.7 Å². The Morgan fingerprint density at radius 1 is 0.877 bits per heavy atom. The normalized spacial score (nSPS) is 12.5. The fraction of sp³-hybridized carbons (Fsp3) is 0.293. The molecule has 14 nitrogen and oxygen atoms in total. The lowest BCUT2D eigenvalue weighted by Crippen LogP contribution is -2.39. The number of benzene rings is 3. The van der Waals surface area contributed by atoms with Crippen LogP contribution in [-0.2, 0) is 32.0 Å². The molecule has 0 aliphatic carbocycles. The molecule has 5 rings (SSSR count). The van der Waals surface area contributed by atoms with Gasteiger partial charge in [0, 0.05) is 27.6 Å². The second-order valence-electron chi connectivity index (χ2n) is 13.5. The molecule has 0 saturated carbocycles. The maximum Gasteiger partial charge on any atom is 0.410 e. The number of anilines is 2. The first kappa shape index (κ1) is 42.1. The Bertz CT molecular complexity index is 2150. The van der Waals surface area contributed by atoms with Crippen LogP contribution in [0, 0.1) is 0 Å². The van der Waals surface area contributed by atoms with Crippen LogP contribution in [0.15, 0.2) is 77.3 Å². The topological polar surface area (TPSA) is 171 Å². The molecule has 0 fully saturated rings. The van der Waals surface area contributed by atoms with E-state index in [1.807, 2.05) is 0 Å². The standard InChI is InChI=1S/C41H44N4O10S2/c1-41(2,3)55-40(50)45-17-16-28-32(22-45)57-38(34(28)39(49)54-7)44-33(46)23-56-27-15-11-14-26(21-27)42-37(48)29(43-36(47)25-12-9-8-10-13-25)18-24-19-30(51-4)35(53-6)31(20-24)52-5/h8-15,18-21H,16-17,22-23H2,1-7H3,(H,42,48)(H,43,47)(H,44,46)/b29-18+. The van der Waals surface area contributed by atoms with Gasteiger partial charge in [0.05, 0.1) is 46.3 Å². The highest BCUT2D eigenvalue weighted by molar-refractivity contribution is 8.00. The number of rotatable bonds is 13. The minimum Gasteiger partial charge on any atom is -0.493 e. The highest BCUT2D eigenvalue weighted by atomic mass is 32.2. The van der Waals surface area contributed by atoms with Crippen LogP contribution in [0.2, 0.25) is 0 Å². The summed E-state index contributed by atoms with van der Waals surface area (Å²) in [5.74, 6) is -1.01. The first-order valence-corrected chi connectivity index (χ1v) is 19.5. The first-order chi connectivity index (χ1) is 27.2. The number of hydrogen-bond donors (Lipinski definition) is 3. The molecule has 0 atom stereocenters. The Labute approximate surface area is 338 Å². The quantitative estimate of drug-likeness (QED) is 0.0722. The number of ether oxygens (including phenoxy) is 5. The molecule has 3 N–H and O–H groups in total. The van der Waals surface area contributed by atoms with Gasteiger partial charge in [0.1, 0.15) is 16.3 Å². The third kappa shape index (κ3) is 10.9. The second-order valence-corrected chi connectivity index (χ2v) is 15.7. The molecule has 0 bridgehead atoms. The number of fused-ring (bicyclic) bond motifs is 1. The summed E-state index contributed by atoms with van der Waals surface area (Å²) in [6.45, 7) is 5.96. The fourth-order valence-corrected chi connectivity index (χ4v) is 7.78. The van der Waals surface area contributed by atoms with E-state index in [1.54, 1.807) is 92.4 Å². The van der Waals surface area contributed by atoms with Crippen LogP contribution in [-0.4, -0.2) is 81.0 Å². The second kappa shape index (κ2) is 18.8. The number of thioether (sulfide) groups is 1. The van der Waals surface area contributed by atoms with Crippen LogP contribution in [0.5, 0.6) is 17.2 Å². The zero-order chi connectivity index (χ0) is 41.3. The average molecular weight is 817 g/mol. The molecule has 16 heteroatoms. The van der Waals surface area contributed by atoms with Crippen molar-refractivity contribution in [3.63, 3.8) is 0 Å². The summed E-state index contributed by atoms with van der Waals surface area (Å²) < 4.78 is 26.9. The lowest BCUT2D eigenvalue weighted by molar-refractivity contribution is -0.114. The molecule has 57 heavy (non-hydrogen) atoms. The minimum atomic E-state index is -0.659. The van der Waals surface area contributed by atoms with Crippen molar-refractivity contribution >= 4 is 69.6 Å². The van der Waals surface area contributed by atoms with Crippen LogP contribution >= 0.6 is 23.1 Å². The number of hydrogen-bond acceptors (Lipinski definition) is 12. The van der Waals surface area contributed by atoms with E-state index in [0.717, 1.165) is 10.4 Å². The summed E-state index contributed by atoms with van der Waals surface area (Å²) in [4.78, 5) is 68.9. The minimum absolute atomic E-state index is 0.0238. The lowest BCUT2D eigenvalue weighted by atomic mass is 10.0. The summed E-state index contributed by atoms with van der Waals surface area (Å²) in [5.41, 5.74) is 1.53. The molecule has 0 unspecified atom stereocenters. The van der Waals surface area contributed by atoms with Crippen LogP contribution in [0.25, 0.3) is 6.08 Å². The molecule has 1 aromatic heterocycles. The van der Waals surface area contributed by atoms with Gasteiger partial charge in [-0.15, -0.1) is 23.1 Å². The van der Waals surface area contributed by atoms with E-state index in [1.165, 1.54) is 57.6 Å². The number of amides is 4. The number of nitrogens with one attached hydrogen (secondary N) is 3. The summed E-state index contributed by atoms with van der Waals surface area (Å²) in [7, 11) is 5.70. The number of nitrogens with zero attached hydrogens (tertiary/aromatic N) is 1. The summed E-state index contributed by atoms with van der Waals surface area (Å²) in [5, 5.41) is 8.75. The Morgan fingerprint density at radius 2 is 1.58 bits per heavy atom. The molecule has 300 valence electrons. The molecule has 1 aliphatic rings. The van der Waals surface area contributed by atoms with Gasteiger partial charge in [-0.2, -0.15) is 0 Å². The Balaban J connectivity index is 1.30. The van der Waals surface area contributed by atoms with E-state index in [0.29, 0.717) is 56.9 Å². The zero-order valence-corrected chi connectivity index (χ0v) is 34.2. The van der Waals surface area contributed by atoms with Crippen LogP contribution < -0.4 is 30.2 Å². The number of esters is 1. The maximum absolute atomic E-state index is 13.8. The van der Waals surface area contributed by atoms with E-state index >= 15 is 0 Å². The molecule has 1 aliphatic heterocycles. The summed E-state index contributed by atoms with van der Waals surface area (Å²) in [6.07, 6.45) is 1.43. The Morgan fingerprint density at radius 3 is 2.21 bits per heavy atom. The molecule has 4 aromatic rings. The van der Waals surface area contributed by atoms with Crippen LogP contribution in [0.3, 0.4) is 0 Å². The highest BCUT2D eigenvalue weighted by Gasteiger charge is 2.32. The van der Waals surface area contributed by atoms with E-state index in [-0.39, 0.29) is 29.5 Å². The monoisotopic (exact) mass is 816 g/mol. The molecular formula is C41H44N4O10S2. The van der Waals surface area contributed by atoms with Gasteiger partial charge < -0.3 is 44.5 Å². The average Bonchev–Trinajstić information content (AvgIpc) is 3.55. The Hall–Kier alpha value is -6.00. The van der Waals surface area contributed by atoms with Gasteiger partial charge in [0.15, 0.2) is 11.5 Å². The Kier molecular flexibility index (Phi) is 13.9. The number of carbonyl (C=O) groups is 5. The van der Waals surface area contributed by atoms with E-state index in [9.17, 15) is 24.0 Å². The van der Waals surface area contributed by atoms with Crippen molar-refractivity contribution in [2.75, 3.05) is 51.4 Å². The number of methoxy groups -OCH3 is 4. The zero-order valence-electron chi connectivity index (χ0n) is 32.6. The molecule has 0 saturated heterocycles. The van der Waals surface area contributed by atoms with Gasteiger partial charge in [0.2, 0.25) is 11.7 Å². The van der Waals surface area contributed by atoms with Gasteiger partial charge in [-0.05, 0) is 86.9 Å². The third-order valence-electron chi connectivity index (χ3n) is 8.34. The van der Waals surface area contributed by atoms with Crippen molar-refractivity contribution in [1.29, 1.82) is 0 Å². The summed E-state index contributed by atoms with van der Waals surface area (Å²) in [6, 6.07) is 18.6. The van der Waals surface area contributed by atoms with E-state index in [2.05, 4.69) is 16.0 Å². The van der Waals surface area contributed by atoms with Crippen LogP contribution in [0.4, 0.5) is 15.5 Å². The SMILES string of the molecule is COC(=O)c1c(NC(=O)CSc2cccc(NC(=O)/C(=C\c3cc(OC)c(OC)c(OC)c3)NC(=O)c3ccccc3)c2)sc2c1CCN(C(=O)OC(C)(C)C)C2. The van der Waals surface area contributed by atoms with Gasteiger partial charge in [-0.1, -0.05) is 24.3 Å². The largest absolute Gasteiger partial charge is 0.493 e. The summed E-state index contributed by atoms with van der Waals surface area (Å²) >= 11 is 2.44. The van der Waals surface area contributed by atoms with Gasteiger partial charge in [0.25, 0.3) is 11.8 Å². The van der Waals surface area contributed by atoms with Crippen molar-refractivity contribution in [1.82, 2.24) is 10.2 Å². The molecule has 0 spiro atoms. The van der Waals surface area contributed by atoms with Crippen molar-refractivity contribution in [3.8, 4) is 17.2 Å². The predicted octanol–water partition coefficient (Wildman–Crippen LogP) is 6.99. The highest BCUT2D eigenvalue weighted by Crippen LogP contribution is 2.40. The van der Waals surface area contributed by atoms with Gasteiger partial charge in [-0.3, -0.25) is 14.4 Å². The van der Waals surface area contributed by atoms with E-state index in [4.69, 9.17) is 23.7 Å². The fourth-order valence-electron chi connectivity index (χ4n) is 5.76. The smallest absolute Gasteiger partial charge is 0.410 e. The number of thiophene rings is 1.